The van der Waals surface area contributed by atoms with E-state index in [0.29, 0.717) is 30.0 Å². The number of aromatic nitrogens is 3. The maximum Gasteiger partial charge on any atom is 0.416 e. The van der Waals surface area contributed by atoms with Crippen molar-refractivity contribution in [1.82, 2.24) is 29.7 Å². The van der Waals surface area contributed by atoms with Gasteiger partial charge in [-0.3, -0.25) is 14.6 Å². The number of amides is 1. The number of nitrogens with zero attached hydrogens (tertiary/aromatic N) is 5. The molecule has 0 bridgehead atoms. The first-order chi connectivity index (χ1) is 20.7. The number of nitrogens with one attached hydrogen (secondary N) is 2. The average molecular weight is 592 g/mol. The van der Waals surface area contributed by atoms with Gasteiger partial charge in [-0.2, -0.15) is 18.3 Å². The van der Waals surface area contributed by atoms with Crippen LogP contribution in [0, 0.1) is 18.8 Å². The monoisotopic (exact) mass is 591 g/mol. The van der Waals surface area contributed by atoms with E-state index in [1.165, 1.54) is 12.1 Å². The fourth-order valence-electron chi connectivity index (χ4n) is 4.83. The van der Waals surface area contributed by atoms with Crippen LogP contribution < -0.4 is 10.6 Å². The van der Waals surface area contributed by atoms with Gasteiger partial charge in [0.2, 0.25) is 0 Å². The van der Waals surface area contributed by atoms with Crippen LogP contribution in [-0.2, 0) is 12.7 Å². The van der Waals surface area contributed by atoms with Gasteiger partial charge in [-0.15, -0.1) is 0 Å². The molecule has 0 spiro atoms. The number of rotatable bonds is 8. The summed E-state index contributed by atoms with van der Waals surface area (Å²) in [5.74, 6) is 5.54. The van der Waals surface area contributed by atoms with E-state index in [1.54, 1.807) is 41.2 Å². The number of aryl methyl sites for hydroxylation is 1. The van der Waals surface area contributed by atoms with E-state index in [0.717, 1.165) is 37.8 Å². The van der Waals surface area contributed by atoms with Crippen LogP contribution in [0.2, 0.25) is 0 Å². The van der Waals surface area contributed by atoms with Crippen molar-refractivity contribution in [3.8, 4) is 11.8 Å². The minimum absolute atomic E-state index is 0.0342. The molecule has 1 fully saturated rings. The Morgan fingerprint density at radius 3 is 2.60 bits per heavy atom. The summed E-state index contributed by atoms with van der Waals surface area (Å²) in [5, 5.41) is 19.1. The molecule has 1 saturated heterocycles. The first kappa shape index (κ1) is 30.2. The number of halogens is 3. The predicted molar refractivity (Wildman–Crippen MR) is 156 cm³/mol. The first-order valence-corrected chi connectivity index (χ1v) is 13.9. The molecular weight excluding hydrogens is 559 g/mol. The van der Waals surface area contributed by atoms with E-state index >= 15 is 0 Å². The van der Waals surface area contributed by atoms with Crippen molar-refractivity contribution in [3.63, 3.8) is 0 Å². The number of piperazine rings is 1. The highest BCUT2D eigenvalue weighted by atomic mass is 19.4. The summed E-state index contributed by atoms with van der Waals surface area (Å²) in [4.78, 5) is 21.4. The first-order valence-electron chi connectivity index (χ1n) is 13.9. The Morgan fingerprint density at radius 1 is 1.05 bits per heavy atom. The number of carbonyl (C=O) groups is 1. The standard InChI is InChI=1S/C31H32F3N7O2/c1-22-4-5-24(17-23(22)7-9-27-20-36-29-3-2-10-37-41(27)29)30(43)38-26-8-6-25(28(18-26)31(32,33)34)19-35-11-12-39-13-15-40(21-42)16-14-39/h2-6,8,10,17-18,20,35,42H,11-16,19,21H2,1H3,(H,38,43). The van der Waals surface area contributed by atoms with Crippen molar-refractivity contribution < 1.29 is 23.1 Å². The lowest BCUT2D eigenvalue weighted by Gasteiger charge is -2.33. The Bertz CT molecular complexity index is 1650. The SMILES string of the molecule is Cc1ccc(C(=O)Nc2ccc(CNCCN3CCN(CO)CC3)c(C(F)(F)F)c2)cc1C#Cc1cnc2cccnn12. The second-order valence-corrected chi connectivity index (χ2v) is 10.3. The molecule has 2 aromatic carbocycles. The highest BCUT2D eigenvalue weighted by molar-refractivity contribution is 6.04. The Kier molecular flexibility index (Phi) is 9.37. The molecule has 224 valence electrons. The summed E-state index contributed by atoms with van der Waals surface area (Å²) in [6.07, 6.45) is -1.34. The third kappa shape index (κ3) is 7.57. The number of benzene rings is 2. The van der Waals surface area contributed by atoms with E-state index < -0.39 is 17.6 Å². The summed E-state index contributed by atoms with van der Waals surface area (Å²) in [5.41, 5.74) is 2.31. The summed E-state index contributed by atoms with van der Waals surface area (Å²) >= 11 is 0. The Hall–Kier alpha value is -4.28. The number of carbonyl (C=O) groups excluding carboxylic acids is 1. The van der Waals surface area contributed by atoms with E-state index in [-0.39, 0.29) is 30.1 Å². The second-order valence-electron chi connectivity index (χ2n) is 10.3. The van der Waals surface area contributed by atoms with Crippen LogP contribution in [0.5, 0.6) is 0 Å². The zero-order chi connectivity index (χ0) is 30.4. The number of hydrogen-bond donors (Lipinski definition) is 3. The van der Waals surface area contributed by atoms with Crippen molar-refractivity contribution >= 4 is 17.2 Å². The zero-order valence-corrected chi connectivity index (χ0v) is 23.7. The third-order valence-corrected chi connectivity index (χ3v) is 7.36. The molecule has 4 aromatic rings. The molecule has 0 unspecified atom stereocenters. The lowest BCUT2D eigenvalue weighted by Crippen LogP contribution is -2.48. The molecule has 0 aliphatic carbocycles. The molecule has 12 heteroatoms. The highest BCUT2D eigenvalue weighted by Crippen LogP contribution is 2.34. The van der Waals surface area contributed by atoms with Crippen LogP contribution in [0.25, 0.3) is 5.65 Å². The smallest absolute Gasteiger partial charge is 0.381 e. The summed E-state index contributed by atoms with van der Waals surface area (Å²) in [6.45, 7) is 6.30. The molecule has 0 radical (unpaired) electrons. The Morgan fingerprint density at radius 2 is 1.84 bits per heavy atom. The normalized spacial score (nSPS) is 14.4. The van der Waals surface area contributed by atoms with Crippen LogP contribution in [0.1, 0.15) is 38.3 Å². The molecule has 0 atom stereocenters. The predicted octanol–water partition coefficient (Wildman–Crippen LogP) is 3.37. The average Bonchev–Trinajstić information content (AvgIpc) is 3.42. The summed E-state index contributed by atoms with van der Waals surface area (Å²) in [7, 11) is 0. The third-order valence-electron chi connectivity index (χ3n) is 7.36. The van der Waals surface area contributed by atoms with Gasteiger partial charge in [0, 0.05) is 68.8 Å². The van der Waals surface area contributed by atoms with E-state index in [9.17, 15) is 23.1 Å². The van der Waals surface area contributed by atoms with Gasteiger partial charge < -0.3 is 15.7 Å². The second kappa shape index (κ2) is 13.4. The molecule has 9 nitrogen and oxygen atoms in total. The van der Waals surface area contributed by atoms with E-state index in [2.05, 4.69) is 37.5 Å². The molecule has 5 rings (SSSR count). The van der Waals surface area contributed by atoms with E-state index in [1.807, 2.05) is 17.9 Å². The minimum atomic E-state index is -4.59. The van der Waals surface area contributed by atoms with Crippen LogP contribution in [0.4, 0.5) is 18.9 Å². The lowest BCUT2D eigenvalue weighted by atomic mass is 10.0. The number of alkyl halides is 3. The molecule has 43 heavy (non-hydrogen) atoms. The Labute approximate surface area is 247 Å². The van der Waals surface area contributed by atoms with Gasteiger partial charge in [0.15, 0.2) is 5.65 Å². The molecule has 3 heterocycles. The quantitative estimate of drug-likeness (QED) is 0.214. The fraction of sp³-hybridized carbons (Fsp3) is 0.323. The molecule has 0 saturated carbocycles. The van der Waals surface area contributed by atoms with Crippen molar-refractivity contribution in [2.45, 2.75) is 19.6 Å². The van der Waals surface area contributed by atoms with Gasteiger partial charge in [-0.05, 0) is 60.4 Å². The number of anilines is 1. The summed E-state index contributed by atoms with van der Waals surface area (Å²) in [6, 6.07) is 12.4. The molecular formula is C31H32F3N7O2. The van der Waals surface area contributed by atoms with Crippen LogP contribution in [0.15, 0.2) is 60.9 Å². The molecule has 2 aromatic heterocycles. The van der Waals surface area contributed by atoms with Gasteiger partial charge in [-0.25, -0.2) is 9.50 Å². The molecule has 3 N–H and O–H groups in total. The van der Waals surface area contributed by atoms with Gasteiger partial charge in [-0.1, -0.05) is 18.1 Å². The van der Waals surface area contributed by atoms with Crippen LogP contribution in [0.3, 0.4) is 0 Å². The maximum atomic E-state index is 14.0. The van der Waals surface area contributed by atoms with Gasteiger partial charge in [0.1, 0.15) is 5.69 Å². The van der Waals surface area contributed by atoms with Gasteiger partial charge in [0.05, 0.1) is 18.5 Å². The molecule has 1 aliphatic rings. The number of fused-ring (bicyclic) bond motifs is 1. The van der Waals surface area contributed by atoms with Crippen molar-refractivity contribution in [2.24, 2.45) is 0 Å². The van der Waals surface area contributed by atoms with Crippen LogP contribution in [-0.4, -0.2) is 81.4 Å². The number of imidazole rings is 1. The summed E-state index contributed by atoms with van der Waals surface area (Å²) < 4.78 is 43.5. The van der Waals surface area contributed by atoms with Gasteiger partial charge in [0.25, 0.3) is 5.91 Å². The highest BCUT2D eigenvalue weighted by Gasteiger charge is 2.33. The van der Waals surface area contributed by atoms with Gasteiger partial charge >= 0.3 is 6.18 Å². The zero-order valence-electron chi connectivity index (χ0n) is 23.7. The van der Waals surface area contributed by atoms with Crippen molar-refractivity contribution in [3.05, 3.63) is 94.4 Å². The molecule has 1 amide bonds. The topological polar surface area (TPSA) is 98.0 Å². The van der Waals surface area contributed by atoms with Crippen LogP contribution >= 0.6 is 0 Å². The number of hydrogen-bond acceptors (Lipinski definition) is 7. The van der Waals surface area contributed by atoms with Crippen molar-refractivity contribution in [1.29, 1.82) is 0 Å². The minimum Gasteiger partial charge on any atom is -0.381 e. The number of aliphatic hydroxyl groups excluding tert-OH is 1. The van der Waals surface area contributed by atoms with Crippen molar-refractivity contribution in [2.75, 3.05) is 51.3 Å². The Balaban J connectivity index is 1.24. The lowest BCUT2D eigenvalue weighted by molar-refractivity contribution is -0.138. The fourth-order valence-corrected chi connectivity index (χ4v) is 4.83. The largest absolute Gasteiger partial charge is 0.416 e. The number of aliphatic hydroxyl groups is 1. The van der Waals surface area contributed by atoms with E-state index in [4.69, 9.17) is 0 Å². The molecule has 1 aliphatic heterocycles. The maximum absolute atomic E-state index is 14.0.